The average Bonchev–Trinajstić information content (AvgIpc) is 3.40. The van der Waals surface area contributed by atoms with E-state index in [0.29, 0.717) is 41.2 Å². The average molecular weight is 463 g/mol. The zero-order chi connectivity index (χ0) is 23.8. The van der Waals surface area contributed by atoms with E-state index in [2.05, 4.69) is 0 Å². The van der Waals surface area contributed by atoms with E-state index in [1.807, 2.05) is 6.07 Å². The van der Waals surface area contributed by atoms with E-state index < -0.39 is 23.7 Å². The molecule has 0 bridgehead atoms. The number of rotatable bonds is 6. The fourth-order valence-corrected chi connectivity index (χ4v) is 4.52. The first kappa shape index (κ1) is 21.7. The fraction of sp³-hybridized carbons (Fsp3) is 0.231. The lowest BCUT2D eigenvalue weighted by molar-refractivity contribution is -0.137. The Morgan fingerprint density at radius 2 is 2.00 bits per heavy atom. The van der Waals surface area contributed by atoms with Crippen molar-refractivity contribution >= 4 is 5.97 Å². The predicted molar refractivity (Wildman–Crippen MR) is 116 cm³/mol. The molecule has 0 unspecified atom stereocenters. The Labute approximate surface area is 193 Å². The summed E-state index contributed by atoms with van der Waals surface area (Å²) in [7, 11) is 0. The van der Waals surface area contributed by atoms with Crippen LogP contribution in [0.5, 0.6) is 23.0 Å². The highest BCUT2D eigenvalue weighted by Gasteiger charge is 2.32. The Balaban J connectivity index is 1.40. The number of nitrogens with zero attached hydrogens (tertiary/aromatic N) is 1. The molecule has 0 radical (unpaired) electrons. The third-order valence-electron chi connectivity index (χ3n) is 6.09. The van der Waals surface area contributed by atoms with Gasteiger partial charge in [-0.15, -0.1) is 0 Å². The highest BCUT2D eigenvalue weighted by atomic mass is 19.1. The Kier molecular flexibility index (Phi) is 5.54. The summed E-state index contributed by atoms with van der Waals surface area (Å²) in [4.78, 5) is 11.0. The van der Waals surface area contributed by atoms with Crippen molar-refractivity contribution in [2.75, 3.05) is 6.61 Å². The molecule has 1 aliphatic carbocycles. The van der Waals surface area contributed by atoms with Gasteiger partial charge in [-0.2, -0.15) is 5.26 Å². The molecule has 2 aliphatic rings. The molecule has 172 valence electrons. The number of halogens is 2. The van der Waals surface area contributed by atoms with Gasteiger partial charge >= 0.3 is 5.97 Å². The van der Waals surface area contributed by atoms with Crippen molar-refractivity contribution in [3.8, 4) is 29.1 Å². The van der Waals surface area contributed by atoms with Crippen LogP contribution in [0.3, 0.4) is 0 Å². The Hall–Kier alpha value is -4.12. The van der Waals surface area contributed by atoms with Crippen LogP contribution in [0, 0.1) is 23.0 Å². The summed E-state index contributed by atoms with van der Waals surface area (Å²) < 4.78 is 46.1. The third-order valence-corrected chi connectivity index (χ3v) is 6.09. The first-order valence-electron chi connectivity index (χ1n) is 10.8. The zero-order valence-corrected chi connectivity index (χ0v) is 17.9. The second kappa shape index (κ2) is 8.67. The minimum absolute atomic E-state index is 0.0178. The first-order valence-corrected chi connectivity index (χ1v) is 10.8. The molecule has 0 amide bonds. The van der Waals surface area contributed by atoms with Gasteiger partial charge in [-0.1, -0.05) is 6.07 Å². The van der Waals surface area contributed by atoms with Gasteiger partial charge in [0.05, 0.1) is 18.6 Å². The summed E-state index contributed by atoms with van der Waals surface area (Å²) in [6.45, 7) is 0.289. The molecule has 1 heterocycles. The van der Waals surface area contributed by atoms with Crippen LogP contribution in [-0.4, -0.2) is 17.7 Å². The quantitative estimate of drug-likeness (QED) is 0.509. The number of carbonyl (C=O) groups is 1. The van der Waals surface area contributed by atoms with Gasteiger partial charge in [0, 0.05) is 34.7 Å². The van der Waals surface area contributed by atoms with Crippen molar-refractivity contribution in [2.24, 2.45) is 0 Å². The maximum absolute atomic E-state index is 14.8. The zero-order valence-electron chi connectivity index (χ0n) is 17.9. The van der Waals surface area contributed by atoms with Crippen molar-refractivity contribution in [1.29, 1.82) is 5.26 Å². The predicted octanol–water partition coefficient (Wildman–Crippen LogP) is 5.65. The maximum atomic E-state index is 14.8. The molecule has 8 heteroatoms. The minimum atomic E-state index is -0.891. The Bertz CT molecular complexity index is 1330. The number of ether oxygens (including phenoxy) is 3. The highest BCUT2D eigenvalue weighted by molar-refractivity contribution is 5.68. The summed E-state index contributed by atoms with van der Waals surface area (Å²) >= 11 is 0. The number of nitriles is 1. The molecule has 0 spiro atoms. The number of hydrogen-bond donors (Lipinski definition) is 1. The number of carboxylic acids is 1. The number of carboxylic acid groups (broad SMARTS) is 1. The second-order valence-electron chi connectivity index (χ2n) is 8.24. The van der Waals surface area contributed by atoms with E-state index in [1.165, 1.54) is 24.3 Å². The standard InChI is InChI=1S/C26H19F2NO5/c27-16-2-1-14(12-29)23(10-16)34-21-8-6-20(28)26-19(21)5-7-22(26)33-17-3-4-18-15(9-25(30)31)13-32-24(18)11-17/h1-4,6,8,10-11,15,22H,5,7,9,13H2,(H,30,31)/t15-,22-/m1/s1. The molecule has 1 N–H and O–H groups in total. The van der Waals surface area contributed by atoms with Gasteiger partial charge in [-0.25, -0.2) is 8.78 Å². The number of fused-ring (bicyclic) bond motifs is 2. The monoisotopic (exact) mass is 463 g/mol. The normalized spacial score (nSPS) is 17.9. The molecular weight excluding hydrogens is 444 g/mol. The van der Waals surface area contributed by atoms with Crippen LogP contribution < -0.4 is 14.2 Å². The number of hydrogen-bond acceptors (Lipinski definition) is 5. The van der Waals surface area contributed by atoms with Crippen molar-refractivity contribution in [3.05, 3.63) is 82.4 Å². The first-order chi connectivity index (χ1) is 16.4. The van der Waals surface area contributed by atoms with E-state index >= 15 is 0 Å². The lowest BCUT2D eigenvalue weighted by Gasteiger charge is -2.17. The molecule has 34 heavy (non-hydrogen) atoms. The van der Waals surface area contributed by atoms with Gasteiger partial charge in [-0.3, -0.25) is 4.79 Å². The number of benzene rings is 3. The smallest absolute Gasteiger partial charge is 0.304 e. The summed E-state index contributed by atoms with van der Waals surface area (Å²) in [5.74, 6) is -0.637. The molecule has 0 saturated heterocycles. The van der Waals surface area contributed by atoms with Gasteiger partial charge in [0.2, 0.25) is 0 Å². The van der Waals surface area contributed by atoms with Gasteiger partial charge in [0.15, 0.2) is 0 Å². The van der Waals surface area contributed by atoms with Crippen LogP contribution in [0.4, 0.5) is 8.78 Å². The van der Waals surface area contributed by atoms with Gasteiger partial charge < -0.3 is 19.3 Å². The third kappa shape index (κ3) is 4.01. The lowest BCUT2D eigenvalue weighted by Crippen LogP contribution is -2.07. The molecule has 2 atom stereocenters. The van der Waals surface area contributed by atoms with Crippen LogP contribution in [0.1, 0.15) is 47.1 Å². The maximum Gasteiger partial charge on any atom is 0.304 e. The van der Waals surface area contributed by atoms with Crippen molar-refractivity contribution in [1.82, 2.24) is 0 Å². The molecule has 0 saturated carbocycles. The highest BCUT2D eigenvalue weighted by Crippen LogP contribution is 2.44. The summed E-state index contributed by atoms with van der Waals surface area (Å²) in [5.41, 5.74) is 1.95. The molecule has 3 aromatic rings. The van der Waals surface area contributed by atoms with Crippen LogP contribution >= 0.6 is 0 Å². The minimum Gasteiger partial charge on any atom is -0.492 e. The van der Waals surface area contributed by atoms with Crippen LogP contribution in [-0.2, 0) is 11.2 Å². The summed E-state index contributed by atoms with van der Waals surface area (Å²) in [6.07, 6.45) is 0.388. The van der Waals surface area contributed by atoms with Gasteiger partial charge in [0.1, 0.15) is 46.8 Å². The van der Waals surface area contributed by atoms with Crippen molar-refractivity contribution in [3.63, 3.8) is 0 Å². The molecule has 0 fully saturated rings. The molecule has 6 nitrogen and oxygen atoms in total. The molecular formula is C26H19F2NO5. The number of aliphatic carboxylic acids is 1. The van der Waals surface area contributed by atoms with E-state index in [0.717, 1.165) is 11.6 Å². The van der Waals surface area contributed by atoms with E-state index in [1.54, 1.807) is 18.2 Å². The van der Waals surface area contributed by atoms with E-state index in [9.17, 15) is 18.8 Å². The molecule has 1 aliphatic heterocycles. The van der Waals surface area contributed by atoms with Crippen LogP contribution in [0.2, 0.25) is 0 Å². The molecule has 3 aromatic carbocycles. The Morgan fingerprint density at radius 1 is 1.15 bits per heavy atom. The topological polar surface area (TPSA) is 88.8 Å². The lowest BCUT2D eigenvalue weighted by atomic mass is 9.98. The van der Waals surface area contributed by atoms with Crippen LogP contribution in [0.25, 0.3) is 0 Å². The van der Waals surface area contributed by atoms with Crippen molar-refractivity contribution in [2.45, 2.75) is 31.3 Å². The molecule has 0 aromatic heterocycles. The van der Waals surface area contributed by atoms with E-state index in [4.69, 9.17) is 19.3 Å². The van der Waals surface area contributed by atoms with Crippen molar-refractivity contribution < 1.29 is 32.9 Å². The Morgan fingerprint density at radius 3 is 2.79 bits per heavy atom. The molecule has 5 rings (SSSR count). The van der Waals surface area contributed by atoms with Crippen LogP contribution in [0.15, 0.2) is 48.5 Å². The largest absolute Gasteiger partial charge is 0.492 e. The second-order valence-corrected chi connectivity index (χ2v) is 8.24. The summed E-state index contributed by atoms with van der Waals surface area (Å²) in [5, 5.41) is 18.3. The summed E-state index contributed by atoms with van der Waals surface area (Å²) in [6, 6.07) is 13.5. The van der Waals surface area contributed by atoms with Gasteiger partial charge in [-0.05, 0) is 43.2 Å². The van der Waals surface area contributed by atoms with Gasteiger partial charge in [0.25, 0.3) is 0 Å². The SMILES string of the molecule is N#Cc1ccc(F)cc1Oc1ccc(F)c2c1CC[C@H]2Oc1ccc2c(c1)OC[C@H]2CC(=O)O. The van der Waals surface area contributed by atoms with E-state index in [-0.39, 0.29) is 30.3 Å². The fourth-order valence-electron chi connectivity index (χ4n) is 4.52.